The van der Waals surface area contributed by atoms with E-state index >= 15 is 0 Å². The van der Waals surface area contributed by atoms with Gasteiger partial charge in [0.1, 0.15) is 0 Å². The fourth-order valence-corrected chi connectivity index (χ4v) is 2.24. The highest BCUT2D eigenvalue weighted by atomic mass is 16.5. The number of phenolic OH excluding ortho intramolecular Hbond substituents is 1. The fourth-order valence-electron chi connectivity index (χ4n) is 2.24. The van der Waals surface area contributed by atoms with E-state index in [1.807, 2.05) is 18.2 Å². The maximum absolute atomic E-state index is 12.3. The van der Waals surface area contributed by atoms with Crippen LogP contribution in [0.4, 0.5) is 5.69 Å². The Hall–Kier alpha value is -2.95. The third-order valence-corrected chi connectivity index (χ3v) is 3.27. The zero-order valence-electron chi connectivity index (χ0n) is 11.4. The third kappa shape index (κ3) is 2.41. The molecule has 3 rings (SSSR count). The van der Waals surface area contributed by atoms with Crippen molar-refractivity contribution in [2.75, 3.05) is 12.4 Å². The van der Waals surface area contributed by atoms with Gasteiger partial charge in [-0.2, -0.15) is 0 Å². The van der Waals surface area contributed by atoms with Crippen LogP contribution in [0.15, 0.2) is 48.7 Å². The Kier molecular flexibility index (Phi) is 3.23. The minimum atomic E-state index is -0.243. The first-order valence-corrected chi connectivity index (χ1v) is 6.43. The molecule has 0 aliphatic heterocycles. The average molecular weight is 282 g/mol. The summed E-state index contributed by atoms with van der Waals surface area (Å²) in [7, 11) is 1.47. The zero-order chi connectivity index (χ0) is 14.8. The number of rotatable bonds is 3. The summed E-state index contributed by atoms with van der Waals surface area (Å²) >= 11 is 0. The Morgan fingerprint density at radius 1 is 1.24 bits per heavy atom. The van der Waals surface area contributed by atoms with Crippen molar-refractivity contribution in [3.8, 4) is 11.5 Å². The van der Waals surface area contributed by atoms with Crippen LogP contribution >= 0.6 is 0 Å². The van der Waals surface area contributed by atoms with Crippen molar-refractivity contribution in [1.82, 2.24) is 4.98 Å². The van der Waals surface area contributed by atoms with Crippen molar-refractivity contribution in [3.63, 3.8) is 0 Å². The van der Waals surface area contributed by atoms with Crippen LogP contribution in [0, 0.1) is 0 Å². The number of carbonyl (C=O) groups excluding carboxylic acids is 1. The molecule has 1 aromatic heterocycles. The number of methoxy groups -OCH3 is 1. The normalized spacial score (nSPS) is 10.5. The molecule has 3 aromatic rings. The van der Waals surface area contributed by atoms with Gasteiger partial charge in [-0.05, 0) is 24.3 Å². The smallest absolute Gasteiger partial charge is 0.257 e. The number of phenols is 1. The molecule has 0 aliphatic carbocycles. The van der Waals surface area contributed by atoms with E-state index in [2.05, 4.69) is 10.3 Å². The predicted molar refractivity (Wildman–Crippen MR) is 80.9 cm³/mol. The second kappa shape index (κ2) is 5.20. The maximum Gasteiger partial charge on any atom is 0.257 e. The first-order valence-electron chi connectivity index (χ1n) is 6.43. The van der Waals surface area contributed by atoms with Crippen LogP contribution in [-0.2, 0) is 0 Å². The molecule has 0 unspecified atom stereocenters. The van der Waals surface area contributed by atoms with Crippen LogP contribution in [0.1, 0.15) is 10.4 Å². The zero-order valence-corrected chi connectivity index (χ0v) is 11.4. The molecule has 0 saturated heterocycles. The lowest BCUT2D eigenvalue weighted by Gasteiger charge is -2.08. The Morgan fingerprint density at radius 3 is 2.86 bits per heavy atom. The van der Waals surface area contributed by atoms with Crippen molar-refractivity contribution >= 4 is 22.5 Å². The van der Waals surface area contributed by atoms with Gasteiger partial charge in [0.05, 0.1) is 18.2 Å². The van der Waals surface area contributed by atoms with Crippen LogP contribution in [0.5, 0.6) is 11.5 Å². The summed E-state index contributed by atoms with van der Waals surface area (Å²) in [6.45, 7) is 0. The first-order chi connectivity index (χ1) is 10.2. The molecule has 0 bridgehead atoms. The summed E-state index contributed by atoms with van der Waals surface area (Å²) in [6.07, 6.45) is 1.79. The molecular formula is C16H14N2O3. The second-order valence-electron chi connectivity index (χ2n) is 4.59. The van der Waals surface area contributed by atoms with Gasteiger partial charge < -0.3 is 20.1 Å². The van der Waals surface area contributed by atoms with Gasteiger partial charge >= 0.3 is 0 Å². The minimum Gasteiger partial charge on any atom is -0.504 e. The number of anilines is 1. The number of para-hydroxylation sites is 1. The standard InChI is InChI=1S/C16H14N2O3/c1-21-14-6-5-11(9-13(14)19)18-16(20)12-4-2-3-10-7-8-17-15(10)12/h2-9,17,19H,1H3,(H,18,20). The van der Waals surface area contributed by atoms with E-state index < -0.39 is 0 Å². The van der Waals surface area contributed by atoms with Crippen molar-refractivity contribution < 1.29 is 14.6 Å². The lowest BCUT2D eigenvalue weighted by atomic mass is 10.1. The summed E-state index contributed by atoms with van der Waals surface area (Å²) in [5.41, 5.74) is 1.84. The number of benzene rings is 2. The van der Waals surface area contributed by atoms with Crippen LogP contribution in [-0.4, -0.2) is 23.1 Å². The van der Waals surface area contributed by atoms with Crippen LogP contribution < -0.4 is 10.1 Å². The molecule has 0 fully saturated rings. The summed E-state index contributed by atoms with van der Waals surface area (Å²) < 4.78 is 4.97. The molecule has 5 heteroatoms. The number of carbonyl (C=O) groups is 1. The summed E-state index contributed by atoms with van der Waals surface area (Å²) in [6, 6.07) is 12.1. The van der Waals surface area contributed by atoms with E-state index in [0.29, 0.717) is 17.0 Å². The van der Waals surface area contributed by atoms with Gasteiger partial charge in [-0.3, -0.25) is 4.79 Å². The number of fused-ring (bicyclic) bond motifs is 1. The van der Waals surface area contributed by atoms with Crippen molar-refractivity contribution in [3.05, 3.63) is 54.2 Å². The molecule has 3 N–H and O–H groups in total. The Balaban J connectivity index is 1.89. The number of ether oxygens (including phenoxy) is 1. The summed E-state index contributed by atoms with van der Waals surface area (Å²) in [5, 5.41) is 13.5. The topological polar surface area (TPSA) is 74.3 Å². The number of H-pyrrole nitrogens is 1. The number of amides is 1. The third-order valence-electron chi connectivity index (χ3n) is 3.27. The van der Waals surface area contributed by atoms with Crippen molar-refractivity contribution in [1.29, 1.82) is 0 Å². The Bertz CT molecular complexity index is 808. The molecule has 1 heterocycles. The number of hydrogen-bond donors (Lipinski definition) is 3. The quantitative estimate of drug-likeness (QED) is 0.691. The minimum absolute atomic E-state index is 0.0200. The highest BCUT2D eigenvalue weighted by molar-refractivity contribution is 6.12. The Labute approximate surface area is 121 Å². The molecule has 0 spiro atoms. The number of aromatic nitrogens is 1. The van der Waals surface area contributed by atoms with Crippen molar-refractivity contribution in [2.45, 2.75) is 0 Å². The van der Waals surface area contributed by atoms with Gasteiger partial charge in [-0.15, -0.1) is 0 Å². The lowest BCUT2D eigenvalue weighted by molar-refractivity contribution is 0.102. The van der Waals surface area contributed by atoms with E-state index in [1.165, 1.54) is 13.2 Å². The van der Waals surface area contributed by atoms with Gasteiger partial charge in [0.15, 0.2) is 11.5 Å². The van der Waals surface area contributed by atoms with Crippen LogP contribution in [0.2, 0.25) is 0 Å². The second-order valence-corrected chi connectivity index (χ2v) is 4.59. The summed E-state index contributed by atoms with van der Waals surface area (Å²) in [5.74, 6) is 0.0977. The molecule has 1 amide bonds. The molecule has 0 saturated carbocycles. The average Bonchev–Trinajstić information content (AvgIpc) is 2.95. The monoisotopic (exact) mass is 282 g/mol. The molecule has 21 heavy (non-hydrogen) atoms. The molecule has 0 atom stereocenters. The van der Waals surface area contributed by atoms with Gasteiger partial charge in [0, 0.05) is 23.3 Å². The van der Waals surface area contributed by atoms with Gasteiger partial charge in [-0.25, -0.2) is 0 Å². The number of aromatic hydroxyl groups is 1. The van der Waals surface area contributed by atoms with Gasteiger partial charge in [0.2, 0.25) is 0 Å². The highest BCUT2D eigenvalue weighted by Crippen LogP contribution is 2.29. The van der Waals surface area contributed by atoms with Crippen molar-refractivity contribution in [2.24, 2.45) is 0 Å². The number of hydrogen-bond acceptors (Lipinski definition) is 3. The van der Waals surface area contributed by atoms with Gasteiger partial charge in [-0.1, -0.05) is 12.1 Å². The SMILES string of the molecule is COc1ccc(NC(=O)c2cccc3cc[nH]c23)cc1O. The molecule has 0 radical (unpaired) electrons. The first kappa shape index (κ1) is 13.1. The molecule has 0 aliphatic rings. The highest BCUT2D eigenvalue weighted by Gasteiger charge is 2.12. The number of nitrogens with one attached hydrogen (secondary N) is 2. The predicted octanol–water partition coefficient (Wildman–Crippen LogP) is 3.13. The van der Waals surface area contributed by atoms with E-state index in [4.69, 9.17) is 4.74 Å². The number of aromatic amines is 1. The van der Waals surface area contributed by atoms with Crippen LogP contribution in [0.25, 0.3) is 10.9 Å². The summed E-state index contributed by atoms with van der Waals surface area (Å²) in [4.78, 5) is 15.4. The lowest BCUT2D eigenvalue weighted by Crippen LogP contribution is -2.12. The largest absolute Gasteiger partial charge is 0.504 e. The van der Waals surface area contributed by atoms with E-state index in [9.17, 15) is 9.90 Å². The van der Waals surface area contributed by atoms with E-state index in [0.717, 1.165) is 10.9 Å². The molecule has 5 nitrogen and oxygen atoms in total. The molecular weight excluding hydrogens is 268 g/mol. The maximum atomic E-state index is 12.3. The molecule has 106 valence electrons. The van der Waals surface area contributed by atoms with Crippen LogP contribution in [0.3, 0.4) is 0 Å². The van der Waals surface area contributed by atoms with E-state index in [-0.39, 0.29) is 11.7 Å². The van der Waals surface area contributed by atoms with E-state index in [1.54, 1.807) is 24.4 Å². The molecule has 2 aromatic carbocycles. The Morgan fingerprint density at radius 2 is 2.10 bits per heavy atom. The van der Waals surface area contributed by atoms with Gasteiger partial charge in [0.25, 0.3) is 5.91 Å². The fraction of sp³-hybridized carbons (Fsp3) is 0.0625.